The van der Waals surface area contributed by atoms with Gasteiger partial charge in [0.05, 0.1) is 19.5 Å². The van der Waals surface area contributed by atoms with E-state index in [-0.39, 0.29) is 12.6 Å². The molecular weight excluding hydrogens is 236 g/mol. The van der Waals surface area contributed by atoms with Crippen LogP contribution in [0.5, 0.6) is 0 Å². The molecule has 0 saturated heterocycles. The largest absolute Gasteiger partial charge is 0.468 e. The van der Waals surface area contributed by atoms with Gasteiger partial charge in [-0.25, -0.2) is 0 Å². The highest BCUT2D eigenvalue weighted by Crippen LogP contribution is 2.24. The molecule has 17 heavy (non-hydrogen) atoms. The molecule has 0 aliphatic heterocycles. The Morgan fingerprint density at radius 1 is 1.41 bits per heavy atom. The number of rotatable bonds is 4. The number of methoxy groups -OCH3 is 1. The van der Waals surface area contributed by atoms with Crippen LogP contribution >= 0.6 is 11.8 Å². The van der Waals surface area contributed by atoms with E-state index in [1.807, 2.05) is 39.0 Å². The number of hydrogen-bond donors (Lipinski definition) is 1. The highest BCUT2D eigenvalue weighted by Gasteiger charge is 2.06. The van der Waals surface area contributed by atoms with Gasteiger partial charge in [-0.3, -0.25) is 4.79 Å². The van der Waals surface area contributed by atoms with E-state index in [4.69, 9.17) is 5.11 Å². The van der Waals surface area contributed by atoms with Crippen LogP contribution in [0.25, 0.3) is 0 Å². The number of thioether (sulfide) groups is 1. The van der Waals surface area contributed by atoms with E-state index in [0.29, 0.717) is 5.75 Å². The number of aliphatic hydroxyl groups is 1. The number of aliphatic hydroxyl groups excluding tert-OH is 1. The molecule has 1 aromatic carbocycles. The molecule has 4 heteroatoms. The lowest BCUT2D eigenvalue weighted by atomic mass is 10.1. The van der Waals surface area contributed by atoms with Crippen molar-refractivity contribution in [1.29, 1.82) is 0 Å². The zero-order valence-corrected chi connectivity index (χ0v) is 11.6. The Balaban J connectivity index is 0.00000121. The molecule has 0 atom stereocenters. The second kappa shape index (κ2) is 9.07. The summed E-state index contributed by atoms with van der Waals surface area (Å²) >= 11 is 1.42. The van der Waals surface area contributed by atoms with Crippen molar-refractivity contribution in [2.24, 2.45) is 0 Å². The van der Waals surface area contributed by atoms with Gasteiger partial charge in [0.15, 0.2) is 0 Å². The van der Waals surface area contributed by atoms with Gasteiger partial charge in [0.2, 0.25) is 0 Å². The van der Waals surface area contributed by atoms with E-state index in [1.54, 1.807) is 0 Å². The van der Waals surface area contributed by atoms with Crippen LogP contribution in [0.1, 0.15) is 25.0 Å². The van der Waals surface area contributed by atoms with Crippen LogP contribution in [0.15, 0.2) is 23.1 Å². The second-order valence-corrected chi connectivity index (χ2v) is 4.08. The summed E-state index contributed by atoms with van der Waals surface area (Å²) in [5.74, 6) is 0.0560. The zero-order valence-electron chi connectivity index (χ0n) is 10.8. The van der Waals surface area contributed by atoms with E-state index in [1.165, 1.54) is 18.9 Å². The molecule has 96 valence electrons. The maximum atomic E-state index is 11.0. The first-order chi connectivity index (χ1) is 8.19. The first-order valence-corrected chi connectivity index (χ1v) is 6.56. The third-order valence-electron chi connectivity index (χ3n) is 2.14. The van der Waals surface area contributed by atoms with Gasteiger partial charge in [0.1, 0.15) is 0 Å². The molecule has 0 saturated carbocycles. The van der Waals surface area contributed by atoms with E-state index in [0.717, 1.165) is 16.0 Å². The molecule has 0 radical (unpaired) electrons. The Labute approximate surface area is 107 Å². The highest BCUT2D eigenvalue weighted by molar-refractivity contribution is 8.00. The van der Waals surface area contributed by atoms with Crippen LogP contribution < -0.4 is 0 Å². The van der Waals surface area contributed by atoms with E-state index in [9.17, 15) is 4.79 Å². The summed E-state index contributed by atoms with van der Waals surface area (Å²) in [6.07, 6.45) is 0. The molecule has 0 amide bonds. The van der Waals surface area contributed by atoms with Crippen molar-refractivity contribution in [3.8, 4) is 0 Å². The molecule has 0 aromatic heterocycles. The van der Waals surface area contributed by atoms with Crippen LogP contribution in [0, 0.1) is 6.92 Å². The zero-order chi connectivity index (χ0) is 13.3. The Morgan fingerprint density at radius 3 is 2.59 bits per heavy atom. The minimum absolute atomic E-state index is 0.0262. The van der Waals surface area contributed by atoms with Crippen LogP contribution in [-0.2, 0) is 16.1 Å². The third-order valence-corrected chi connectivity index (χ3v) is 3.27. The summed E-state index contributed by atoms with van der Waals surface area (Å²) < 4.78 is 4.56. The third kappa shape index (κ3) is 5.24. The molecule has 0 spiro atoms. The molecule has 0 aliphatic carbocycles. The predicted octanol–water partition coefficient (Wildman–Crippen LogP) is 2.78. The van der Waals surface area contributed by atoms with Crippen molar-refractivity contribution >= 4 is 17.7 Å². The molecule has 0 unspecified atom stereocenters. The van der Waals surface area contributed by atoms with Gasteiger partial charge in [-0.05, 0) is 24.1 Å². The fourth-order valence-corrected chi connectivity index (χ4v) is 2.10. The second-order valence-electron chi connectivity index (χ2n) is 3.06. The molecule has 1 N–H and O–H groups in total. The smallest absolute Gasteiger partial charge is 0.315 e. The monoisotopic (exact) mass is 256 g/mol. The fraction of sp³-hybridized carbons (Fsp3) is 0.462. The molecular formula is C13H20O3S. The van der Waals surface area contributed by atoms with Gasteiger partial charge in [-0.1, -0.05) is 26.0 Å². The van der Waals surface area contributed by atoms with Crippen molar-refractivity contribution in [3.63, 3.8) is 0 Å². The lowest BCUT2D eigenvalue weighted by Crippen LogP contribution is -2.03. The number of benzene rings is 1. The standard InChI is InChI=1S/C11H14O3S.C2H6/c1-8-9(6-12)4-3-5-10(8)15-7-11(13)14-2;1-2/h3-5,12H,6-7H2,1-2H3;1-2H3. The summed E-state index contributed by atoms with van der Waals surface area (Å²) in [6.45, 7) is 5.96. The van der Waals surface area contributed by atoms with Gasteiger partial charge in [-0.2, -0.15) is 0 Å². The number of carbonyl (C=O) groups is 1. The van der Waals surface area contributed by atoms with Gasteiger partial charge in [-0.15, -0.1) is 11.8 Å². The molecule has 1 rings (SSSR count). The number of ether oxygens (including phenoxy) is 1. The molecule has 3 nitrogen and oxygen atoms in total. The van der Waals surface area contributed by atoms with Crippen LogP contribution in [0.3, 0.4) is 0 Å². The van der Waals surface area contributed by atoms with Crippen LogP contribution in [-0.4, -0.2) is 23.9 Å². The number of hydrogen-bond acceptors (Lipinski definition) is 4. The maximum Gasteiger partial charge on any atom is 0.315 e. The Morgan fingerprint density at radius 2 is 2.06 bits per heavy atom. The topological polar surface area (TPSA) is 46.5 Å². The first-order valence-electron chi connectivity index (χ1n) is 5.58. The van der Waals surface area contributed by atoms with Crippen molar-refractivity contribution in [1.82, 2.24) is 0 Å². The fourth-order valence-electron chi connectivity index (χ4n) is 1.18. The maximum absolute atomic E-state index is 11.0. The normalized spacial score (nSPS) is 9.24. The van der Waals surface area contributed by atoms with Gasteiger partial charge < -0.3 is 9.84 Å². The SMILES string of the molecule is CC.COC(=O)CSc1cccc(CO)c1C. The Kier molecular flexibility index (Phi) is 8.54. The van der Waals surface area contributed by atoms with Crippen LogP contribution in [0.4, 0.5) is 0 Å². The quantitative estimate of drug-likeness (QED) is 0.664. The Bertz CT molecular complexity index is 351. The molecule has 1 aromatic rings. The van der Waals surface area contributed by atoms with Crippen molar-refractivity contribution < 1.29 is 14.6 Å². The summed E-state index contributed by atoms with van der Waals surface area (Å²) in [5.41, 5.74) is 1.92. The average molecular weight is 256 g/mol. The summed E-state index contributed by atoms with van der Waals surface area (Å²) in [5, 5.41) is 9.07. The van der Waals surface area contributed by atoms with Gasteiger partial charge >= 0.3 is 5.97 Å². The van der Waals surface area contributed by atoms with Gasteiger partial charge in [0, 0.05) is 4.90 Å². The van der Waals surface area contributed by atoms with Crippen molar-refractivity contribution in [3.05, 3.63) is 29.3 Å². The van der Waals surface area contributed by atoms with E-state index in [2.05, 4.69) is 4.74 Å². The Hall–Kier alpha value is -1.00. The minimum atomic E-state index is -0.242. The molecule has 0 aliphatic rings. The molecule has 0 fully saturated rings. The first kappa shape index (κ1) is 16.0. The summed E-state index contributed by atoms with van der Waals surface area (Å²) in [7, 11) is 1.37. The minimum Gasteiger partial charge on any atom is -0.468 e. The lowest BCUT2D eigenvalue weighted by molar-refractivity contribution is -0.137. The predicted molar refractivity (Wildman–Crippen MR) is 71.2 cm³/mol. The van der Waals surface area contributed by atoms with E-state index < -0.39 is 0 Å². The summed E-state index contributed by atoms with van der Waals surface area (Å²) in [6, 6.07) is 5.68. The molecule has 0 bridgehead atoms. The number of carbonyl (C=O) groups excluding carboxylic acids is 1. The lowest BCUT2D eigenvalue weighted by Gasteiger charge is -2.08. The average Bonchev–Trinajstić information content (AvgIpc) is 2.39. The van der Waals surface area contributed by atoms with Crippen molar-refractivity contribution in [2.45, 2.75) is 32.3 Å². The van der Waals surface area contributed by atoms with Crippen molar-refractivity contribution in [2.75, 3.05) is 12.9 Å². The van der Waals surface area contributed by atoms with E-state index >= 15 is 0 Å². The number of esters is 1. The van der Waals surface area contributed by atoms with Crippen LogP contribution in [0.2, 0.25) is 0 Å². The highest BCUT2D eigenvalue weighted by atomic mass is 32.2. The van der Waals surface area contributed by atoms with Gasteiger partial charge in [0.25, 0.3) is 0 Å². The summed E-state index contributed by atoms with van der Waals surface area (Å²) in [4.78, 5) is 12.0. The molecule has 0 heterocycles.